The molecule has 0 atom stereocenters. The molecule has 1 aromatic rings. The van der Waals surface area contributed by atoms with Crippen LogP contribution in [-0.2, 0) is 11.2 Å². The number of halogens is 3. The lowest BCUT2D eigenvalue weighted by Crippen LogP contribution is -2.39. The van der Waals surface area contributed by atoms with Crippen LogP contribution >= 0.6 is 24.0 Å². The SMILES string of the molecule is CNCCC1CCN(C(=O)Cc2c(F)cccc2Cl)CC1.Cl. The molecule has 124 valence electrons. The number of rotatable bonds is 5. The van der Waals surface area contributed by atoms with Crippen LogP contribution in [0.25, 0.3) is 0 Å². The van der Waals surface area contributed by atoms with Crippen molar-refractivity contribution in [2.24, 2.45) is 5.92 Å². The van der Waals surface area contributed by atoms with Gasteiger partial charge in [-0.2, -0.15) is 0 Å². The van der Waals surface area contributed by atoms with Crippen LogP contribution in [0.5, 0.6) is 0 Å². The van der Waals surface area contributed by atoms with Crippen molar-refractivity contribution in [3.05, 3.63) is 34.6 Å². The van der Waals surface area contributed by atoms with Crippen molar-refractivity contribution in [3.63, 3.8) is 0 Å². The maximum Gasteiger partial charge on any atom is 0.227 e. The summed E-state index contributed by atoms with van der Waals surface area (Å²) in [5, 5.41) is 3.48. The number of nitrogens with one attached hydrogen (secondary N) is 1. The summed E-state index contributed by atoms with van der Waals surface area (Å²) < 4.78 is 13.7. The Balaban J connectivity index is 0.00000242. The number of likely N-dealkylation sites (tertiary alicyclic amines) is 1. The summed E-state index contributed by atoms with van der Waals surface area (Å²) in [6.07, 6.45) is 3.25. The first kappa shape index (κ1) is 19.2. The zero-order chi connectivity index (χ0) is 15.2. The molecule has 3 nitrogen and oxygen atoms in total. The molecule has 1 saturated heterocycles. The Morgan fingerprint density at radius 1 is 1.41 bits per heavy atom. The van der Waals surface area contributed by atoms with Crippen LogP contribution in [-0.4, -0.2) is 37.5 Å². The molecule has 0 spiro atoms. The quantitative estimate of drug-likeness (QED) is 0.885. The van der Waals surface area contributed by atoms with E-state index in [1.54, 1.807) is 12.1 Å². The van der Waals surface area contributed by atoms with Crippen LogP contribution in [0.3, 0.4) is 0 Å². The fourth-order valence-electron chi connectivity index (χ4n) is 2.78. The first-order chi connectivity index (χ1) is 10.1. The van der Waals surface area contributed by atoms with Crippen molar-refractivity contribution >= 4 is 29.9 Å². The Labute approximate surface area is 142 Å². The van der Waals surface area contributed by atoms with E-state index >= 15 is 0 Å². The zero-order valence-corrected chi connectivity index (χ0v) is 14.4. The molecule has 0 unspecified atom stereocenters. The number of benzene rings is 1. The molecular weight excluding hydrogens is 326 g/mol. The van der Waals surface area contributed by atoms with Crippen molar-refractivity contribution in [2.75, 3.05) is 26.7 Å². The van der Waals surface area contributed by atoms with Crippen LogP contribution in [0.2, 0.25) is 5.02 Å². The molecule has 1 aromatic carbocycles. The van der Waals surface area contributed by atoms with Gasteiger partial charge in [-0.25, -0.2) is 4.39 Å². The lowest BCUT2D eigenvalue weighted by molar-refractivity contribution is -0.131. The predicted molar refractivity (Wildman–Crippen MR) is 90.2 cm³/mol. The van der Waals surface area contributed by atoms with Gasteiger partial charge in [0.1, 0.15) is 5.82 Å². The van der Waals surface area contributed by atoms with Gasteiger partial charge in [0, 0.05) is 23.7 Å². The molecule has 2 rings (SSSR count). The average molecular weight is 349 g/mol. The summed E-state index contributed by atoms with van der Waals surface area (Å²) >= 11 is 5.98. The third-order valence-corrected chi connectivity index (χ3v) is 4.51. The normalized spacial score (nSPS) is 15.5. The molecule has 1 amide bonds. The fraction of sp³-hybridized carbons (Fsp3) is 0.562. The molecule has 1 N–H and O–H groups in total. The number of hydrogen-bond acceptors (Lipinski definition) is 2. The molecule has 0 aromatic heterocycles. The Hall–Kier alpha value is -0.840. The van der Waals surface area contributed by atoms with Crippen molar-refractivity contribution in [1.82, 2.24) is 10.2 Å². The predicted octanol–water partition coefficient (Wildman–Crippen LogP) is 3.29. The average Bonchev–Trinajstić information content (AvgIpc) is 2.49. The standard InChI is InChI=1S/C16H22ClFN2O.ClH/c1-19-8-5-12-6-9-20(10-7-12)16(21)11-13-14(17)3-2-4-15(13)18;/h2-4,12,19H,5-11H2,1H3;1H. The number of carbonyl (C=O) groups excluding carboxylic acids is 1. The number of hydrogen-bond donors (Lipinski definition) is 1. The monoisotopic (exact) mass is 348 g/mol. The summed E-state index contributed by atoms with van der Waals surface area (Å²) in [6.45, 7) is 2.54. The summed E-state index contributed by atoms with van der Waals surface area (Å²) in [5.41, 5.74) is 0.307. The molecule has 0 aliphatic carbocycles. The minimum Gasteiger partial charge on any atom is -0.342 e. The second-order valence-electron chi connectivity index (χ2n) is 5.59. The second kappa shape index (κ2) is 9.33. The van der Waals surface area contributed by atoms with E-state index in [-0.39, 0.29) is 24.7 Å². The highest BCUT2D eigenvalue weighted by Gasteiger charge is 2.23. The highest BCUT2D eigenvalue weighted by atomic mass is 35.5. The van der Waals surface area contributed by atoms with Gasteiger partial charge in [-0.3, -0.25) is 4.79 Å². The third-order valence-electron chi connectivity index (χ3n) is 4.16. The molecule has 1 heterocycles. The van der Waals surface area contributed by atoms with E-state index in [2.05, 4.69) is 5.32 Å². The molecular formula is C16H23Cl2FN2O. The van der Waals surface area contributed by atoms with Crippen LogP contribution in [0.15, 0.2) is 18.2 Å². The number of piperidine rings is 1. The van der Waals surface area contributed by atoms with E-state index in [9.17, 15) is 9.18 Å². The van der Waals surface area contributed by atoms with Gasteiger partial charge in [-0.05, 0) is 50.9 Å². The Bertz CT molecular complexity index is 471. The summed E-state index contributed by atoms with van der Waals surface area (Å²) in [4.78, 5) is 14.1. The zero-order valence-electron chi connectivity index (χ0n) is 12.8. The van der Waals surface area contributed by atoms with Gasteiger partial charge in [-0.15, -0.1) is 12.4 Å². The van der Waals surface area contributed by atoms with E-state index in [4.69, 9.17) is 11.6 Å². The second-order valence-corrected chi connectivity index (χ2v) is 6.00. The summed E-state index contributed by atoms with van der Waals surface area (Å²) in [5.74, 6) is 0.243. The molecule has 1 aliphatic rings. The Morgan fingerprint density at radius 3 is 2.68 bits per heavy atom. The van der Waals surface area contributed by atoms with Crippen molar-refractivity contribution in [3.8, 4) is 0 Å². The lowest BCUT2D eigenvalue weighted by Gasteiger charge is -2.32. The van der Waals surface area contributed by atoms with Gasteiger partial charge in [0.15, 0.2) is 0 Å². The van der Waals surface area contributed by atoms with E-state index in [0.717, 1.165) is 38.9 Å². The molecule has 1 fully saturated rings. The van der Waals surface area contributed by atoms with Gasteiger partial charge in [0.25, 0.3) is 0 Å². The van der Waals surface area contributed by atoms with E-state index in [1.807, 2.05) is 11.9 Å². The van der Waals surface area contributed by atoms with E-state index in [1.165, 1.54) is 6.07 Å². The van der Waals surface area contributed by atoms with Crippen molar-refractivity contribution in [2.45, 2.75) is 25.7 Å². The minimum atomic E-state index is -0.403. The molecule has 1 aliphatic heterocycles. The Morgan fingerprint density at radius 2 is 2.09 bits per heavy atom. The van der Waals surface area contributed by atoms with Gasteiger partial charge in [0.05, 0.1) is 6.42 Å². The molecule has 0 radical (unpaired) electrons. The van der Waals surface area contributed by atoms with Crippen LogP contribution in [0, 0.1) is 11.7 Å². The largest absolute Gasteiger partial charge is 0.342 e. The van der Waals surface area contributed by atoms with Crippen molar-refractivity contribution in [1.29, 1.82) is 0 Å². The topological polar surface area (TPSA) is 32.3 Å². The first-order valence-corrected chi connectivity index (χ1v) is 7.85. The van der Waals surface area contributed by atoms with Crippen molar-refractivity contribution < 1.29 is 9.18 Å². The highest BCUT2D eigenvalue weighted by Crippen LogP contribution is 2.23. The maximum absolute atomic E-state index is 13.7. The molecule has 6 heteroatoms. The minimum absolute atomic E-state index is 0. The highest BCUT2D eigenvalue weighted by molar-refractivity contribution is 6.31. The smallest absolute Gasteiger partial charge is 0.227 e. The van der Waals surface area contributed by atoms with Gasteiger partial charge < -0.3 is 10.2 Å². The van der Waals surface area contributed by atoms with E-state index < -0.39 is 5.82 Å². The van der Waals surface area contributed by atoms with Crippen LogP contribution in [0.4, 0.5) is 4.39 Å². The molecule has 22 heavy (non-hydrogen) atoms. The summed E-state index contributed by atoms with van der Waals surface area (Å²) in [6, 6.07) is 4.52. The number of carbonyl (C=O) groups is 1. The third kappa shape index (κ3) is 5.11. The van der Waals surface area contributed by atoms with Gasteiger partial charge in [-0.1, -0.05) is 17.7 Å². The molecule has 0 saturated carbocycles. The van der Waals surface area contributed by atoms with Crippen LogP contribution < -0.4 is 5.32 Å². The lowest BCUT2D eigenvalue weighted by atomic mass is 9.93. The first-order valence-electron chi connectivity index (χ1n) is 7.47. The van der Waals surface area contributed by atoms with Crippen LogP contribution in [0.1, 0.15) is 24.8 Å². The van der Waals surface area contributed by atoms with E-state index in [0.29, 0.717) is 16.5 Å². The maximum atomic E-state index is 13.7. The van der Waals surface area contributed by atoms with Gasteiger partial charge in [0.2, 0.25) is 5.91 Å². The number of nitrogens with zero attached hydrogens (tertiary/aromatic N) is 1. The number of amides is 1. The fourth-order valence-corrected chi connectivity index (χ4v) is 3.01. The molecule has 0 bridgehead atoms. The van der Waals surface area contributed by atoms with Gasteiger partial charge >= 0.3 is 0 Å². The Kier molecular flexibility index (Phi) is 8.15. The summed E-state index contributed by atoms with van der Waals surface area (Å²) in [7, 11) is 1.96.